The molecule has 0 saturated carbocycles. The standard InChI is InChI=1S/C12H18N2O2/c1-9-3-4-11(7-10(9)2)14-12(16)8-13-5-6-15/h3-4,7,13,15H,5-6,8H2,1-2H3,(H,14,16). The van der Waals surface area contributed by atoms with Gasteiger partial charge in [0, 0.05) is 12.2 Å². The highest BCUT2D eigenvalue weighted by Crippen LogP contribution is 2.13. The van der Waals surface area contributed by atoms with Crippen LogP contribution in [0.1, 0.15) is 11.1 Å². The average molecular weight is 222 g/mol. The second kappa shape index (κ2) is 6.25. The molecule has 0 unspecified atom stereocenters. The highest BCUT2D eigenvalue weighted by molar-refractivity contribution is 5.92. The Labute approximate surface area is 95.7 Å². The van der Waals surface area contributed by atoms with Gasteiger partial charge in [0.25, 0.3) is 0 Å². The van der Waals surface area contributed by atoms with Crippen molar-refractivity contribution in [1.82, 2.24) is 5.32 Å². The van der Waals surface area contributed by atoms with E-state index in [-0.39, 0.29) is 19.1 Å². The van der Waals surface area contributed by atoms with Crippen molar-refractivity contribution in [1.29, 1.82) is 0 Å². The smallest absolute Gasteiger partial charge is 0.238 e. The molecule has 4 heteroatoms. The van der Waals surface area contributed by atoms with Gasteiger partial charge in [0.2, 0.25) is 5.91 Å². The predicted molar refractivity (Wildman–Crippen MR) is 64.5 cm³/mol. The first-order valence-electron chi connectivity index (χ1n) is 5.32. The predicted octanol–water partition coefficient (Wildman–Crippen LogP) is 0.824. The summed E-state index contributed by atoms with van der Waals surface area (Å²) in [5.41, 5.74) is 3.16. The van der Waals surface area contributed by atoms with Gasteiger partial charge in [0.15, 0.2) is 0 Å². The maximum atomic E-state index is 11.4. The van der Waals surface area contributed by atoms with Gasteiger partial charge < -0.3 is 15.7 Å². The summed E-state index contributed by atoms with van der Waals surface area (Å²) < 4.78 is 0. The summed E-state index contributed by atoms with van der Waals surface area (Å²) in [5.74, 6) is -0.100. The van der Waals surface area contributed by atoms with Crippen LogP contribution in [0.2, 0.25) is 0 Å². The van der Waals surface area contributed by atoms with E-state index in [4.69, 9.17) is 5.11 Å². The van der Waals surface area contributed by atoms with E-state index >= 15 is 0 Å². The largest absolute Gasteiger partial charge is 0.395 e. The molecule has 4 nitrogen and oxygen atoms in total. The van der Waals surface area contributed by atoms with Crippen molar-refractivity contribution < 1.29 is 9.90 Å². The second-order valence-corrected chi connectivity index (χ2v) is 3.75. The number of nitrogens with one attached hydrogen (secondary N) is 2. The zero-order chi connectivity index (χ0) is 12.0. The van der Waals surface area contributed by atoms with E-state index in [1.807, 2.05) is 32.0 Å². The van der Waals surface area contributed by atoms with Gasteiger partial charge in [0.05, 0.1) is 13.2 Å². The van der Waals surface area contributed by atoms with E-state index in [1.165, 1.54) is 5.56 Å². The number of carbonyl (C=O) groups is 1. The number of aliphatic hydroxyl groups is 1. The summed E-state index contributed by atoms with van der Waals surface area (Å²) in [7, 11) is 0. The van der Waals surface area contributed by atoms with E-state index in [1.54, 1.807) is 0 Å². The Hall–Kier alpha value is -1.39. The molecular weight excluding hydrogens is 204 g/mol. The van der Waals surface area contributed by atoms with Crippen molar-refractivity contribution >= 4 is 11.6 Å². The fourth-order valence-electron chi connectivity index (χ4n) is 1.31. The molecule has 0 radical (unpaired) electrons. The van der Waals surface area contributed by atoms with Crippen LogP contribution in [-0.2, 0) is 4.79 Å². The highest BCUT2D eigenvalue weighted by atomic mass is 16.3. The molecule has 0 aliphatic carbocycles. The molecular formula is C12H18N2O2. The molecule has 0 fully saturated rings. The van der Waals surface area contributed by atoms with Crippen LogP contribution in [-0.4, -0.2) is 30.7 Å². The topological polar surface area (TPSA) is 61.4 Å². The molecule has 0 heterocycles. The van der Waals surface area contributed by atoms with Crippen LogP contribution in [0.25, 0.3) is 0 Å². The number of hydrogen-bond acceptors (Lipinski definition) is 3. The quantitative estimate of drug-likeness (QED) is 0.646. The van der Waals surface area contributed by atoms with Crippen LogP contribution in [0.4, 0.5) is 5.69 Å². The third-order valence-corrected chi connectivity index (χ3v) is 2.36. The number of aryl methyl sites for hydroxylation is 2. The molecule has 1 amide bonds. The number of benzene rings is 1. The van der Waals surface area contributed by atoms with Gasteiger partial charge in [-0.25, -0.2) is 0 Å². The van der Waals surface area contributed by atoms with E-state index < -0.39 is 0 Å². The van der Waals surface area contributed by atoms with Gasteiger partial charge in [-0.1, -0.05) is 6.07 Å². The summed E-state index contributed by atoms with van der Waals surface area (Å²) in [6.07, 6.45) is 0. The molecule has 1 aromatic rings. The first-order chi connectivity index (χ1) is 7.63. The van der Waals surface area contributed by atoms with Gasteiger partial charge in [-0.05, 0) is 37.1 Å². The molecule has 1 rings (SSSR count). The third kappa shape index (κ3) is 4.00. The van der Waals surface area contributed by atoms with Crippen LogP contribution in [0.15, 0.2) is 18.2 Å². The van der Waals surface area contributed by atoms with Crippen LogP contribution >= 0.6 is 0 Å². The minimum absolute atomic E-state index is 0.0386. The maximum absolute atomic E-state index is 11.4. The summed E-state index contributed by atoms with van der Waals surface area (Å²) in [5, 5.41) is 14.1. The number of rotatable bonds is 5. The zero-order valence-corrected chi connectivity index (χ0v) is 9.71. The van der Waals surface area contributed by atoms with E-state index in [0.29, 0.717) is 6.54 Å². The van der Waals surface area contributed by atoms with Gasteiger partial charge in [-0.15, -0.1) is 0 Å². The van der Waals surface area contributed by atoms with E-state index in [2.05, 4.69) is 10.6 Å². The summed E-state index contributed by atoms with van der Waals surface area (Å²) in [6.45, 7) is 4.73. The molecule has 1 aromatic carbocycles. The lowest BCUT2D eigenvalue weighted by atomic mass is 10.1. The molecule has 0 aliphatic rings. The van der Waals surface area contributed by atoms with Crippen molar-refractivity contribution in [3.05, 3.63) is 29.3 Å². The summed E-state index contributed by atoms with van der Waals surface area (Å²) in [6, 6.07) is 5.80. The molecule has 0 atom stereocenters. The molecule has 0 bridgehead atoms. The minimum atomic E-state index is -0.100. The fraction of sp³-hybridized carbons (Fsp3) is 0.417. The Morgan fingerprint density at radius 3 is 2.69 bits per heavy atom. The highest BCUT2D eigenvalue weighted by Gasteiger charge is 2.02. The molecule has 0 spiro atoms. The number of anilines is 1. The number of amides is 1. The van der Waals surface area contributed by atoms with Crippen LogP contribution in [0, 0.1) is 13.8 Å². The third-order valence-electron chi connectivity index (χ3n) is 2.36. The number of hydrogen-bond donors (Lipinski definition) is 3. The Balaban J connectivity index is 2.46. The van der Waals surface area contributed by atoms with Crippen LogP contribution in [0.5, 0.6) is 0 Å². The van der Waals surface area contributed by atoms with Crippen LogP contribution < -0.4 is 10.6 Å². The Bertz CT molecular complexity index is 364. The lowest BCUT2D eigenvalue weighted by molar-refractivity contribution is -0.115. The van der Waals surface area contributed by atoms with Crippen molar-refractivity contribution in [2.45, 2.75) is 13.8 Å². The van der Waals surface area contributed by atoms with E-state index in [0.717, 1.165) is 11.3 Å². The normalized spacial score (nSPS) is 10.2. The molecule has 0 aliphatic heterocycles. The van der Waals surface area contributed by atoms with Crippen LogP contribution in [0.3, 0.4) is 0 Å². The zero-order valence-electron chi connectivity index (χ0n) is 9.71. The van der Waals surface area contributed by atoms with Crippen molar-refractivity contribution in [3.63, 3.8) is 0 Å². The fourth-order valence-corrected chi connectivity index (χ4v) is 1.31. The van der Waals surface area contributed by atoms with Gasteiger partial charge in [-0.3, -0.25) is 4.79 Å². The molecule has 16 heavy (non-hydrogen) atoms. The van der Waals surface area contributed by atoms with Crippen molar-refractivity contribution in [2.75, 3.05) is 25.0 Å². The lowest BCUT2D eigenvalue weighted by Crippen LogP contribution is -2.29. The van der Waals surface area contributed by atoms with Crippen molar-refractivity contribution in [3.8, 4) is 0 Å². The summed E-state index contributed by atoms with van der Waals surface area (Å²) in [4.78, 5) is 11.4. The molecule has 0 aromatic heterocycles. The monoisotopic (exact) mass is 222 g/mol. The van der Waals surface area contributed by atoms with Crippen molar-refractivity contribution in [2.24, 2.45) is 0 Å². The Morgan fingerprint density at radius 2 is 2.06 bits per heavy atom. The summed E-state index contributed by atoms with van der Waals surface area (Å²) >= 11 is 0. The maximum Gasteiger partial charge on any atom is 0.238 e. The molecule has 3 N–H and O–H groups in total. The number of aliphatic hydroxyl groups excluding tert-OH is 1. The van der Waals surface area contributed by atoms with Gasteiger partial charge in [0.1, 0.15) is 0 Å². The Kier molecular flexibility index (Phi) is 4.95. The van der Waals surface area contributed by atoms with Gasteiger partial charge >= 0.3 is 0 Å². The van der Waals surface area contributed by atoms with E-state index in [9.17, 15) is 4.79 Å². The molecule has 88 valence electrons. The first kappa shape index (κ1) is 12.7. The average Bonchev–Trinajstić information content (AvgIpc) is 2.24. The molecule has 0 saturated heterocycles. The Morgan fingerprint density at radius 1 is 1.31 bits per heavy atom. The lowest BCUT2D eigenvalue weighted by Gasteiger charge is -2.08. The minimum Gasteiger partial charge on any atom is -0.395 e. The first-order valence-corrected chi connectivity index (χ1v) is 5.32. The van der Waals surface area contributed by atoms with Gasteiger partial charge in [-0.2, -0.15) is 0 Å². The second-order valence-electron chi connectivity index (χ2n) is 3.75. The SMILES string of the molecule is Cc1ccc(NC(=O)CNCCO)cc1C. The number of carbonyl (C=O) groups excluding carboxylic acids is 1.